The van der Waals surface area contributed by atoms with Crippen LogP contribution in [0.4, 0.5) is 5.69 Å². The number of nitrogens with zero attached hydrogens (tertiary/aromatic N) is 3. The van der Waals surface area contributed by atoms with Crippen LogP contribution in [0.15, 0.2) is 83.2 Å². The van der Waals surface area contributed by atoms with Gasteiger partial charge in [0.15, 0.2) is 0 Å². The number of hydrogen-bond donors (Lipinski definition) is 0. The first-order valence-electron chi connectivity index (χ1n) is 9.29. The van der Waals surface area contributed by atoms with Gasteiger partial charge in [0.2, 0.25) is 0 Å². The minimum absolute atomic E-state index is 0.0242. The van der Waals surface area contributed by atoms with Crippen molar-refractivity contribution in [2.75, 3.05) is 0 Å². The number of fused-ring (bicyclic) bond motifs is 2. The Morgan fingerprint density at radius 3 is 2.53 bits per heavy atom. The van der Waals surface area contributed by atoms with Crippen molar-refractivity contribution in [3.63, 3.8) is 0 Å². The lowest BCUT2D eigenvalue weighted by molar-refractivity contribution is -0.384. The highest BCUT2D eigenvalue weighted by molar-refractivity contribution is 7.17. The van der Waals surface area contributed by atoms with Crippen LogP contribution in [-0.4, -0.2) is 14.5 Å². The molecule has 2 aromatic heterocycles. The zero-order valence-corrected chi connectivity index (χ0v) is 16.5. The van der Waals surface area contributed by atoms with Crippen LogP contribution in [0.1, 0.15) is 5.56 Å². The quantitative estimate of drug-likeness (QED) is 0.298. The molecule has 0 unspecified atom stereocenters. The van der Waals surface area contributed by atoms with E-state index in [1.54, 1.807) is 16.7 Å². The maximum absolute atomic E-state index is 13.2. The summed E-state index contributed by atoms with van der Waals surface area (Å²) in [6.07, 6.45) is 1.53. The van der Waals surface area contributed by atoms with Crippen molar-refractivity contribution >= 4 is 38.0 Å². The van der Waals surface area contributed by atoms with E-state index in [2.05, 4.69) is 29.2 Å². The highest BCUT2D eigenvalue weighted by Crippen LogP contribution is 2.32. The second kappa shape index (κ2) is 7.20. The predicted molar refractivity (Wildman–Crippen MR) is 119 cm³/mol. The number of non-ortho nitro benzene ring substituents is 1. The van der Waals surface area contributed by atoms with Gasteiger partial charge in [0, 0.05) is 23.1 Å². The van der Waals surface area contributed by atoms with Gasteiger partial charge in [-0.1, -0.05) is 48.5 Å². The summed E-state index contributed by atoms with van der Waals surface area (Å²) in [5.74, 6) is 0. The fourth-order valence-corrected chi connectivity index (χ4v) is 4.48. The molecule has 5 rings (SSSR count). The Morgan fingerprint density at radius 1 is 1.00 bits per heavy atom. The first-order valence-corrected chi connectivity index (χ1v) is 10.2. The number of rotatable bonds is 4. The second-order valence-corrected chi connectivity index (χ2v) is 7.85. The third-order valence-electron chi connectivity index (χ3n) is 5.12. The van der Waals surface area contributed by atoms with Gasteiger partial charge in [-0.25, -0.2) is 4.98 Å². The third-order valence-corrected chi connectivity index (χ3v) is 6.01. The Labute approximate surface area is 174 Å². The van der Waals surface area contributed by atoms with Gasteiger partial charge in [0.25, 0.3) is 11.2 Å². The number of hydrogen-bond acceptors (Lipinski definition) is 5. The van der Waals surface area contributed by atoms with E-state index < -0.39 is 4.92 Å². The zero-order valence-electron chi connectivity index (χ0n) is 15.7. The van der Waals surface area contributed by atoms with Crippen molar-refractivity contribution in [2.45, 2.75) is 6.54 Å². The highest BCUT2D eigenvalue weighted by atomic mass is 32.1. The summed E-state index contributed by atoms with van der Waals surface area (Å²) in [4.78, 5) is 28.8. The summed E-state index contributed by atoms with van der Waals surface area (Å²) < 4.78 is 1.54. The highest BCUT2D eigenvalue weighted by Gasteiger charge is 2.14. The number of nitro groups is 1. The number of nitro benzene ring substituents is 1. The van der Waals surface area contributed by atoms with Crippen molar-refractivity contribution in [1.29, 1.82) is 0 Å². The molecular formula is C23H15N3O3S. The lowest BCUT2D eigenvalue weighted by Gasteiger charge is -2.07. The molecule has 0 aliphatic rings. The van der Waals surface area contributed by atoms with Crippen LogP contribution in [0.3, 0.4) is 0 Å². The standard InChI is InChI=1S/C23H15N3O3S/c27-23-21-20(18-8-7-16-3-1-2-4-17(16)11-18)13-30-22(21)24-14-25(23)12-15-5-9-19(10-6-15)26(28)29/h1-11,13-14H,12H2. The normalized spacial score (nSPS) is 11.2. The van der Waals surface area contributed by atoms with Gasteiger partial charge in [-0.3, -0.25) is 19.5 Å². The lowest BCUT2D eigenvalue weighted by Crippen LogP contribution is -2.20. The summed E-state index contributed by atoms with van der Waals surface area (Å²) in [5.41, 5.74) is 2.55. The van der Waals surface area contributed by atoms with E-state index in [1.807, 2.05) is 23.6 Å². The second-order valence-electron chi connectivity index (χ2n) is 6.99. The maximum atomic E-state index is 13.2. The molecule has 6 nitrogen and oxygen atoms in total. The Kier molecular flexibility index (Phi) is 4.37. The van der Waals surface area contributed by atoms with Crippen molar-refractivity contribution in [2.24, 2.45) is 0 Å². The van der Waals surface area contributed by atoms with E-state index in [4.69, 9.17) is 0 Å². The van der Waals surface area contributed by atoms with Gasteiger partial charge in [0.1, 0.15) is 4.83 Å². The molecule has 0 fully saturated rings. The zero-order chi connectivity index (χ0) is 20.7. The smallest absolute Gasteiger partial charge is 0.269 e. The van der Waals surface area contributed by atoms with Crippen LogP contribution in [0, 0.1) is 10.1 Å². The number of aromatic nitrogens is 2. The lowest BCUT2D eigenvalue weighted by atomic mass is 10.0. The van der Waals surface area contributed by atoms with Crippen molar-refractivity contribution in [3.05, 3.63) is 104 Å². The van der Waals surface area contributed by atoms with Gasteiger partial charge in [0.05, 0.1) is 23.2 Å². The molecule has 0 N–H and O–H groups in total. The monoisotopic (exact) mass is 413 g/mol. The minimum Gasteiger partial charge on any atom is -0.294 e. The van der Waals surface area contributed by atoms with Crippen molar-refractivity contribution in [3.8, 4) is 11.1 Å². The SMILES string of the molecule is O=c1c2c(-c3ccc4ccccc4c3)csc2ncn1Cc1ccc([N+](=O)[O-])cc1. The van der Waals surface area contributed by atoms with E-state index in [0.29, 0.717) is 16.8 Å². The largest absolute Gasteiger partial charge is 0.294 e. The Bertz CT molecular complexity index is 1470. The van der Waals surface area contributed by atoms with E-state index in [0.717, 1.165) is 27.5 Å². The molecule has 0 aliphatic heterocycles. The van der Waals surface area contributed by atoms with Crippen LogP contribution < -0.4 is 5.56 Å². The summed E-state index contributed by atoms with van der Waals surface area (Å²) in [6, 6.07) is 20.5. The van der Waals surface area contributed by atoms with Crippen LogP contribution in [0.5, 0.6) is 0 Å². The van der Waals surface area contributed by atoms with E-state index >= 15 is 0 Å². The fraction of sp³-hybridized carbons (Fsp3) is 0.0435. The first-order chi connectivity index (χ1) is 14.6. The molecule has 0 atom stereocenters. The Balaban J connectivity index is 1.58. The predicted octanol–water partition coefficient (Wildman–Crippen LogP) is 5.23. The molecule has 30 heavy (non-hydrogen) atoms. The molecule has 0 radical (unpaired) electrons. The molecule has 0 saturated heterocycles. The topological polar surface area (TPSA) is 78.0 Å². The number of benzene rings is 3. The molecule has 7 heteroatoms. The molecule has 0 spiro atoms. The molecule has 2 heterocycles. The van der Waals surface area contributed by atoms with Crippen LogP contribution in [0.2, 0.25) is 0 Å². The van der Waals surface area contributed by atoms with Crippen molar-refractivity contribution in [1.82, 2.24) is 9.55 Å². The minimum atomic E-state index is -0.440. The Morgan fingerprint density at radius 2 is 1.77 bits per heavy atom. The fourth-order valence-electron chi connectivity index (χ4n) is 3.57. The van der Waals surface area contributed by atoms with E-state index in [-0.39, 0.29) is 11.2 Å². The van der Waals surface area contributed by atoms with Gasteiger partial charge in [-0.05, 0) is 28.0 Å². The van der Waals surface area contributed by atoms with Crippen LogP contribution >= 0.6 is 11.3 Å². The molecule has 3 aromatic carbocycles. The first kappa shape index (κ1) is 18.2. The molecule has 146 valence electrons. The summed E-state index contributed by atoms with van der Waals surface area (Å²) in [6.45, 7) is 0.298. The third kappa shape index (κ3) is 3.15. The summed E-state index contributed by atoms with van der Waals surface area (Å²) in [7, 11) is 0. The number of thiophene rings is 1. The van der Waals surface area contributed by atoms with Gasteiger partial charge < -0.3 is 0 Å². The molecule has 5 aromatic rings. The van der Waals surface area contributed by atoms with E-state index in [1.165, 1.54) is 29.8 Å². The average molecular weight is 413 g/mol. The van der Waals surface area contributed by atoms with Gasteiger partial charge >= 0.3 is 0 Å². The molecule has 0 aliphatic carbocycles. The molecule has 0 bridgehead atoms. The Hall–Kier alpha value is -3.84. The summed E-state index contributed by atoms with van der Waals surface area (Å²) in [5, 5.41) is 15.7. The molecule has 0 amide bonds. The van der Waals surface area contributed by atoms with Gasteiger partial charge in [-0.2, -0.15) is 0 Å². The van der Waals surface area contributed by atoms with E-state index in [9.17, 15) is 14.9 Å². The van der Waals surface area contributed by atoms with Gasteiger partial charge in [-0.15, -0.1) is 11.3 Å². The summed E-state index contributed by atoms with van der Waals surface area (Å²) >= 11 is 1.45. The molecule has 0 saturated carbocycles. The van der Waals surface area contributed by atoms with Crippen molar-refractivity contribution < 1.29 is 4.92 Å². The van der Waals surface area contributed by atoms with Crippen LogP contribution in [-0.2, 0) is 6.54 Å². The van der Waals surface area contributed by atoms with Crippen LogP contribution in [0.25, 0.3) is 32.1 Å². The average Bonchev–Trinajstić information content (AvgIpc) is 3.21. The molecular weight excluding hydrogens is 398 g/mol. The maximum Gasteiger partial charge on any atom is 0.269 e.